The minimum atomic E-state index is -0.872. The van der Waals surface area contributed by atoms with Crippen molar-refractivity contribution < 1.29 is 9.90 Å². The highest BCUT2D eigenvalue weighted by Crippen LogP contribution is 2.53. The summed E-state index contributed by atoms with van der Waals surface area (Å²) in [6, 6.07) is 0. The van der Waals surface area contributed by atoms with E-state index in [1.807, 2.05) is 6.92 Å². The van der Waals surface area contributed by atoms with Gasteiger partial charge in [0.25, 0.3) is 0 Å². The SMILES string of the molecule is CC1(C(C)(NCCCN=[N+]=[N-])C(=O)O)CC1. The zero-order valence-electron chi connectivity index (χ0n) is 9.73. The predicted octanol–water partition coefficient (Wildman–Crippen LogP) is 1.92. The van der Waals surface area contributed by atoms with Gasteiger partial charge >= 0.3 is 5.97 Å². The van der Waals surface area contributed by atoms with Gasteiger partial charge in [-0.05, 0) is 43.7 Å². The number of carboxylic acids is 1. The van der Waals surface area contributed by atoms with Crippen molar-refractivity contribution in [2.24, 2.45) is 10.5 Å². The van der Waals surface area contributed by atoms with E-state index in [2.05, 4.69) is 15.3 Å². The van der Waals surface area contributed by atoms with Gasteiger partial charge < -0.3 is 10.4 Å². The Morgan fingerprint density at radius 1 is 1.69 bits per heavy atom. The van der Waals surface area contributed by atoms with Crippen molar-refractivity contribution in [2.75, 3.05) is 13.1 Å². The van der Waals surface area contributed by atoms with Crippen molar-refractivity contribution in [3.63, 3.8) is 0 Å². The normalized spacial score (nSPS) is 20.6. The van der Waals surface area contributed by atoms with E-state index in [0.29, 0.717) is 19.5 Å². The van der Waals surface area contributed by atoms with Crippen LogP contribution in [0.5, 0.6) is 0 Å². The molecule has 0 spiro atoms. The third kappa shape index (κ3) is 2.46. The molecule has 6 nitrogen and oxygen atoms in total. The third-order valence-corrected chi connectivity index (χ3v) is 3.61. The predicted molar refractivity (Wildman–Crippen MR) is 60.0 cm³/mol. The maximum atomic E-state index is 11.3. The van der Waals surface area contributed by atoms with E-state index < -0.39 is 11.5 Å². The fourth-order valence-corrected chi connectivity index (χ4v) is 1.77. The molecule has 0 heterocycles. The summed E-state index contributed by atoms with van der Waals surface area (Å²) in [5.41, 5.74) is 7.08. The molecule has 0 saturated heterocycles. The smallest absolute Gasteiger partial charge is 0.324 e. The lowest BCUT2D eigenvalue weighted by molar-refractivity contribution is -0.147. The minimum absolute atomic E-state index is 0.142. The Bertz CT molecular complexity index is 321. The number of hydrogen-bond acceptors (Lipinski definition) is 3. The Morgan fingerprint density at radius 3 is 2.75 bits per heavy atom. The van der Waals surface area contributed by atoms with Crippen molar-refractivity contribution in [3.05, 3.63) is 10.4 Å². The Kier molecular flexibility index (Phi) is 3.78. The molecule has 0 aliphatic heterocycles. The molecule has 6 heteroatoms. The number of hydrogen-bond donors (Lipinski definition) is 2. The van der Waals surface area contributed by atoms with E-state index in [1.165, 1.54) is 0 Å². The lowest BCUT2D eigenvalue weighted by atomic mass is 9.83. The Morgan fingerprint density at radius 2 is 2.31 bits per heavy atom. The molecule has 0 aromatic heterocycles. The average molecular weight is 226 g/mol. The minimum Gasteiger partial charge on any atom is -0.480 e. The third-order valence-electron chi connectivity index (χ3n) is 3.61. The standard InChI is InChI=1S/C10H18N4O2/c1-9(4-5-9)10(2,8(15)16)12-6-3-7-13-14-11/h12H,3-7H2,1-2H3,(H,15,16). The number of nitrogens with zero attached hydrogens (tertiary/aromatic N) is 3. The lowest BCUT2D eigenvalue weighted by Gasteiger charge is -2.33. The summed E-state index contributed by atoms with van der Waals surface area (Å²) in [5, 5.41) is 15.7. The molecule has 1 aliphatic carbocycles. The van der Waals surface area contributed by atoms with Gasteiger partial charge in [-0.3, -0.25) is 4.79 Å². The van der Waals surface area contributed by atoms with Crippen LogP contribution >= 0.6 is 0 Å². The van der Waals surface area contributed by atoms with Gasteiger partial charge in [-0.15, -0.1) is 0 Å². The highest BCUT2D eigenvalue weighted by molar-refractivity contribution is 5.80. The molecule has 90 valence electrons. The molecule has 0 aromatic rings. The second kappa shape index (κ2) is 4.72. The number of azide groups is 1. The van der Waals surface area contributed by atoms with Crippen LogP contribution in [0.1, 0.15) is 33.1 Å². The van der Waals surface area contributed by atoms with Crippen LogP contribution in [0, 0.1) is 5.41 Å². The van der Waals surface area contributed by atoms with Gasteiger partial charge in [0, 0.05) is 11.5 Å². The molecule has 1 fully saturated rings. The summed E-state index contributed by atoms with van der Waals surface area (Å²) in [7, 11) is 0. The summed E-state index contributed by atoms with van der Waals surface area (Å²) >= 11 is 0. The molecule has 2 N–H and O–H groups in total. The van der Waals surface area contributed by atoms with Crippen LogP contribution in [0.15, 0.2) is 5.11 Å². The topological polar surface area (TPSA) is 98.1 Å². The Labute approximate surface area is 94.7 Å². The van der Waals surface area contributed by atoms with Crippen LogP contribution in [-0.2, 0) is 4.79 Å². The highest BCUT2D eigenvalue weighted by Gasteiger charge is 2.57. The van der Waals surface area contributed by atoms with Crippen molar-refractivity contribution in [3.8, 4) is 0 Å². The fraction of sp³-hybridized carbons (Fsp3) is 0.900. The second-order valence-corrected chi connectivity index (χ2v) is 4.73. The first-order valence-corrected chi connectivity index (χ1v) is 5.45. The van der Waals surface area contributed by atoms with Crippen molar-refractivity contribution in [1.82, 2.24) is 5.32 Å². The second-order valence-electron chi connectivity index (χ2n) is 4.73. The van der Waals surface area contributed by atoms with E-state index in [1.54, 1.807) is 6.92 Å². The number of carboxylic acid groups (broad SMARTS) is 1. The molecule has 1 atom stereocenters. The number of carbonyl (C=O) groups is 1. The first-order chi connectivity index (χ1) is 7.46. The maximum Gasteiger partial charge on any atom is 0.324 e. The van der Waals surface area contributed by atoms with E-state index in [-0.39, 0.29) is 5.41 Å². The van der Waals surface area contributed by atoms with Gasteiger partial charge in [-0.25, -0.2) is 0 Å². The average Bonchev–Trinajstić information content (AvgIpc) is 2.97. The van der Waals surface area contributed by atoms with Crippen LogP contribution in [-0.4, -0.2) is 29.7 Å². The molecular weight excluding hydrogens is 208 g/mol. The summed E-state index contributed by atoms with van der Waals surface area (Å²) in [6.45, 7) is 4.67. The van der Waals surface area contributed by atoms with Crippen molar-refractivity contribution in [2.45, 2.75) is 38.6 Å². The zero-order chi connectivity index (χ0) is 12.2. The first-order valence-electron chi connectivity index (χ1n) is 5.45. The molecule has 1 rings (SSSR count). The molecule has 0 amide bonds. The van der Waals surface area contributed by atoms with Gasteiger partial charge in [0.15, 0.2) is 0 Å². The van der Waals surface area contributed by atoms with E-state index >= 15 is 0 Å². The van der Waals surface area contributed by atoms with Gasteiger partial charge in [-0.2, -0.15) is 0 Å². The summed E-state index contributed by atoms with van der Waals surface area (Å²) in [5.74, 6) is -0.809. The van der Waals surface area contributed by atoms with Gasteiger partial charge in [-0.1, -0.05) is 12.0 Å². The van der Waals surface area contributed by atoms with Crippen LogP contribution in [0.25, 0.3) is 10.4 Å². The van der Waals surface area contributed by atoms with Crippen LogP contribution in [0.2, 0.25) is 0 Å². The number of nitrogens with one attached hydrogen (secondary N) is 1. The Hall–Kier alpha value is -1.26. The summed E-state index contributed by atoms with van der Waals surface area (Å²) in [4.78, 5) is 13.9. The highest BCUT2D eigenvalue weighted by atomic mass is 16.4. The largest absolute Gasteiger partial charge is 0.480 e. The number of rotatable bonds is 7. The number of aliphatic carboxylic acids is 1. The summed E-state index contributed by atoms with van der Waals surface area (Å²) < 4.78 is 0. The van der Waals surface area contributed by atoms with E-state index in [9.17, 15) is 9.90 Å². The lowest BCUT2D eigenvalue weighted by Crippen LogP contribution is -2.55. The Balaban J connectivity index is 2.46. The molecule has 1 saturated carbocycles. The van der Waals surface area contributed by atoms with Crippen LogP contribution in [0.3, 0.4) is 0 Å². The zero-order valence-corrected chi connectivity index (χ0v) is 9.73. The van der Waals surface area contributed by atoms with Gasteiger partial charge in [0.1, 0.15) is 5.54 Å². The molecule has 0 bridgehead atoms. The van der Waals surface area contributed by atoms with Crippen LogP contribution < -0.4 is 5.32 Å². The van der Waals surface area contributed by atoms with Crippen molar-refractivity contribution in [1.29, 1.82) is 0 Å². The van der Waals surface area contributed by atoms with E-state index in [4.69, 9.17) is 5.53 Å². The molecular formula is C10H18N4O2. The quantitative estimate of drug-likeness (QED) is 0.300. The molecule has 1 unspecified atom stereocenters. The molecule has 16 heavy (non-hydrogen) atoms. The van der Waals surface area contributed by atoms with Gasteiger partial charge in [0.05, 0.1) is 0 Å². The summed E-state index contributed by atoms with van der Waals surface area (Å²) in [6.07, 6.45) is 2.54. The molecule has 0 aromatic carbocycles. The molecule has 1 aliphatic rings. The van der Waals surface area contributed by atoms with Gasteiger partial charge in [0.2, 0.25) is 0 Å². The first kappa shape index (κ1) is 12.8. The maximum absolute atomic E-state index is 11.3. The monoisotopic (exact) mass is 226 g/mol. The van der Waals surface area contributed by atoms with E-state index in [0.717, 1.165) is 12.8 Å². The fourth-order valence-electron chi connectivity index (χ4n) is 1.77. The van der Waals surface area contributed by atoms with Crippen molar-refractivity contribution >= 4 is 5.97 Å². The molecule has 0 radical (unpaired) electrons. The van der Waals surface area contributed by atoms with Crippen LogP contribution in [0.4, 0.5) is 0 Å².